The number of allylic oxidation sites excluding steroid dienone is 1. The molecule has 1 N–H and O–H groups in total. The molecule has 64 valence electrons. The van der Waals surface area contributed by atoms with Crippen molar-refractivity contribution in [3.8, 4) is 0 Å². The van der Waals surface area contributed by atoms with Gasteiger partial charge in [0, 0.05) is 5.92 Å². The summed E-state index contributed by atoms with van der Waals surface area (Å²) in [5.41, 5.74) is -0.564. The van der Waals surface area contributed by atoms with Crippen LogP contribution in [0.2, 0.25) is 0 Å². The molecule has 0 spiro atoms. The predicted octanol–water partition coefficient (Wildman–Crippen LogP) is 2.36. The largest absolute Gasteiger partial charge is 0.390 e. The van der Waals surface area contributed by atoms with E-state index in [4.69, 9.17) is 0 Å². The Morgan fingerprint density at radius 1 is 1.45 bits per heavy atom. The van der Waals surface area contributed by atoms with Gasteiger partial charge in [0.1, 0.15) is 0 Å². The lowest BCUT2D eigenvalue weighted by Gasteiger charge is -2.22. The van der Waals surface area contributed by atoms with Crippen LogP contribution in [0.5, 0.6) is 0 Å². The summed E-state index contributed by atoms with van der Waals surface area (Å²) in [6, 6.07) is 0. The summed E-state index contributed by atoms with van der Waals surface area (Å²) >= 11 is 0. The van der Waals surface area contributed by atoms with Gasteiger partial charge in [-0.05, 0) is 32.6 Å². The zero-order chi connectivity index (χ0) is 8.48. The Hall–Kier alpha value is -0.300. The highest BCUT2D eigenvalue weighted by atomic mass is 16.3. The normalized spacial score (nSPS) is 22.5. The molecule has 0 aromatic heterocycles. The van der Waals surface area contributed by atoms with Crippen LogP contribution in [0.3, 0.4) is 0 Å². The molecule has 1 saturated carbocycles. The average molecular weight is 154 g/mol. The molecular weight excluding hydrogens is 136 g/mol. The number of hydrogen-bond donors (Lipinski definition) is 1. The van der Waals surface area contributed by atoms with Crippen molar-refractivity contribution in [2.24, 2.45) is 11.8 Å². The Labute approximate surface area is 69.1 Å². The van der Waals surface area contributed by atoms with Gasteiger partial charge in [0.15, 0.2) is 0 Å². The van der Waals surface area contributed by atoms with E-state index >= 15 is 0 Å². The SMILES string of the molecule is CC(C=CC1CC1)C(C)(C)O. The van der Waals surface area contributed by atoms with Gasteiger partial charge in [-0.25, -0.2) is 0 Å². The van der Waals surface area contributed by atoms with Crippen LogP contribution in [0.25, 0.3) is 0 Å². The number of rotatable bonds is 3. The third-order valence-corrected chi connectivity index (χ3v) is 2.41. The fourth-order valence-corrected chi connectivity index (χ4v) is 0.848. The molecule has 0 aliphatic heterocycles. The molecule has 0 amide bonds. The molecule has 0 bridgehead atoms. The maximum Gasteiger partial charge on any atom is 0.0651 e. The number of hydrogen-bond acceptors (Lipinski definition) is 1. The second kappa shape index (κ2) is 2.98. The predicted molar refractivity (Wildman–Crippen MR) is 47.3 cm³/mol. The van der Waals surface area contributed by atoms with Gasteiger partial charge in [0.2, 0.25) is 0 Å². The highest BCUT2D eigenvalue weighted by molar-refractivity contribution is 5.00. The molecule has 1 aliphatic carbocycles. The van der Waals surface area contributed by atoms with Crippen molar-refractivity contribution < 1.29 is 5.11 Å². The Bertz CT molecular complexity index is 149. The van der Waals surface area contributed by atoms with E-state index in [0.29, 0.717) is 0 Å². The minimum Gasteiger partial charge on any atom is -0.390 e. The van der Waals surface area contributed by atoms with Crippen molar-refractivity contribution in [2.75, 3.05) is 0 Å². The molecule has 0 saturated heterocycles. The molecule has 1 atom stereocenters. The minimum atomic E-state index is -0.564. The van der Waals surface area contributed by atoms with E-state index in [1.54, 1.807) is 0 Å². The second-order valence-electron chi connectivity index (χ2n) is 4.16. The smallest absolute Gasteiger partial charge is 0.0651 e. The van der Waals surface area contributed by atoms with E-state index in [-0.39, 0.29) is 5.92 Å². The topological polar surface area (TPSA) is 20.2 Å². The quantitative estimate of drug-likeness (QED) is 0.619. The van der Waals surface area contributed by atoms with Gasteiger partial charge in [-0.1, -0.05) is 19.1 Å². The van der Waals surface area contributed by atoms with E-state index in [2.05, 4.69) is 19.1 Å². The van der Waals surface area contributed by atoms with E-state index in [0.717, 1.165) is 5.92 Å². The number of aliphatic hydroxyl groups is 1. The highest BCUT2D eigenvalue weighted by Crippen LogP contribution is 2.31. The first-order chi connectivity index (χ1) is 5.00. The van der Waals surface area contributed by atoms with Crippen molar-refractivity contribution in [1.29, 1.82) is 0 Å². The Kier molecular flexibility index (Phi) is 2.38. The summed E-state index contributed by atoms with van der Waals surface area (Å²) in [4.78, 5) is 0. The zero-order valence-electron chi connectivity index (χ0n) is 7.67. The summed E-state index contributed by atoms with van der Waals surface area (Å²) in [7, 11) is 0. The van der Waals surface area contributed by atoms with Crippen LogP contribution in [-0.2, 0) is 0 Å². The molecule has 0 aromatic rings. The van der Waals surface area contributed by atoms with Gasteiger partial charge < -0.3 is 5.11 Å². The molecule has 0 heterocycles. The zero-order valence-corrected chi connectivity index (χ0v) is 7.67. The van der Waals surface area contributed by atoms with Crippen molar-refractivity contribution in [2.45, 2.75) is 39.2 Å². The fourth-order valence-electron chi connectivity index (χ4n) is 0.848. The lowest BCUT2D eigenvalue weighted by atomic mass is 9.92. The molecule has 1 fully saturated rings. The summed E-state index contributed by atoms with van der Waals surface area (Å²) in [5.74, 6) is 1.09. The van der Waals surface area contributed by atoms with Crippen molar-refractivity contribution in [3.63, 3.8) is 0 Å². The molecule has 1 nitrogen and oxygen atoms in total. The molecule has 1 aliphatic rings. The summed E-state index contributed by atoms with van der Waals surface area (Å²) in [5, 5.41) is 9.57. The molecule has 1 unspecified atom stereocenters. The first kappa shape index (κ1) is 8.79. The molecular formula is C10H18O. The highest BCUT2D eigenvalue weighted by Gasteiger charge is 2.22. The maximum absolute atomic E-state index is 9.57. The fraction of sp³-hybridized carbons (Fsp3) is 0.800. The summed E-state index contributed by atoms with van der Waals surface area (Å²) < 4.78 is 0. The van der Waals surface area contributed by atoms with Gasteiger partial charge in [-0.3, -0.25) is 0 Å². The van der Waals surface area contributed by atoms with Crippen LogP contribution >= 0.6 is 0 Å². The summed E-state index contributed by atoms with van der Waals surface area (Å²) in [6.45, 7) is 5.77. The van der Waals surface area contributed by atoms with Crippen molar-refractivity contribution in [1.82, 2.24) is 0 Å². The molecule has 11 heavy (non-hydrogen) atoms. The maximum atomic E-state index is 9.57. The van der Waals surface area contributed by atoms with Crippen LogP contribution in [0.1, 0.15) is 33.6 Å². The lowest BCUT2D eigenvalue weighted by Crippen LogP contribution is -2.26. The van der Waals surface area contributed by atoms with Gasteiger partial charge in [0.05, 0.1) is 5.60 Å². The average Bonchev–Trinajstić information content (AvgIpc) is 2.62. The van der Waals surface area contributed by atoms with Crippen LogP contribution in [0.15, 0.2) is 12.2 Å². The van der Waals surface area contributed by atoms with Crippen LogP contribution < -0.4 is 0 Å². The van der Waals surface area contributed by atoms with E-state index < -0.39 is 5.60 Å². The van der Waals surface area contributed by atoms with E-state index in [1.165, 1.54) is 12.8 Å². The van der Waals surface area contributed by atoms with Gasteiger partial charge >= 0.3 is 0 Å². The van der Waals surface area contributed by atoms with Gasteiger partial charge in [-0.15, -0.1) is 0 Å². The monoisotopic (exact) mass is 154 g/mol. The van der Waals surface area contributed by atoms with E-state index in [1.807, 2.05) is 13.8 Å². The Morgan fingerprint density at radius 3 is 2.36 bits per heavy atom. The van der Waals surface area contributed by atoms with Crippen LogP contribution in [0.4, 0.5) is 0 Å². The third-order valence-electron chi connectivity index (χ3n) is 2.41. The van der Waals surface area contributed by atoms with Gasteiger partial charge in [0.25, 0.3) is 0 Å². The summed E-state index contributed by atoms with van der Waals surface area (Å²) in [6.07, 6.45) is 7.06. The minimum absolute atomic E-state index is 0.267. The van der Waals surface area contributed by atoms with Crippen molar-refractivity contribution in [3.05, 3.63) is 12.2 Å². The van der Waals surface area contributed by atoms with Crippen LogP contribution in [-0.4, -0.2) is 10.7 Å². The first-order valence-electron chi connectivity index (χ1n) is 4.41. The first-order valence-corrected chi connectivity index (χ1v) is 4.41. The Morgan fingerprint density at radius 2 is 2.00 bits per heavy atom. The Balaban J connectivity index is 2.34. The second-order valence-corrected chi connectivity index (χ2v) is 4.16. The molecule has 0 radical (unpaired) electrons. The molecule has 1 heteroatoms. The van der Waals surface area contributed by atoms with E-state index in [9.17, 15) is 5.11 Å². The molecule has 0 aromatic carbocycles. The lowest BCUT2D eigenvalue weighted by molar-refractivity contribution is 0.0440. The van der Waals surface area contributed by atoms with Gasteiger partial charge in [-0.2, -0.15) is 0 Å². The van der Waals surface area contributed by atoms with Crippen molar-refractivity contribution >= 4 is 0 Å². The molecule has 1 rings (SSSR count). The third kappa shape index (κ3) is 3.06. The standard InChI is InChI=1S/C10H18O/c1-8(10(2,3)11)4-5-9-6-7-9/h4-5,8-9,11H,6-7H2,1-3H3. The van der Waals surface area contributed by atoms with Crippen LogP contribution in [0, 0.1) is 11.8 Å².